The van der Waals surface area contributed by atoms with E-state index in [9.17, 15) is 13.2 Å². The van der Waals surface area contributed by atoms with E-state index in [2.05, 4.69) is 11.2 Å². The molecule has 2 nitrogen and oxygen atoms in total. The zero-order valence-electron chi connectivity index (χ0n) is 11.0. The van der Waals surface area contributed by atoms with Gasteiger partial charge in [0.1, 0.15) is 11.5 Å². The van der Waals surface area contributed by atoms with Gasteiger partial charge in [0.15, 0.2) is 11.6 Å². The number of hydrogen-bond acceptors (Lipinski definition) is 3. The maximum atomic E-state index is 13.7. The molecular weight excluding hydrogens is 273 g/mol. The highest BCUT2D eigenvalue weighted by Crippen LogP contribution is 2.32. The topological polar surface area (TPSA) is 6.48 Å². The Bertz CT molecular complexity index is 433. The normalized spacial score (nSPS) is 20.6. The Morgan fingerprint density at radius 2 is 1.84 bits per heavy atom. The zero-order valence-corrected chi connectivity index (χ0v) is 11.8. The highest BCUT2D eigenvalue weighted by atomic mass is 32.2. The lowest BCUT2D eigenvalue weighted by molar-refractivity contribution is 0.292. The van der Waals surface area contributed by atoms with E-state index in [1.807, 2.05) is 0 Å². The molecule has 0 aliphatic carbocycles. The minimum absolute atomic E-state index is 0.204. The van der Waals surface area contributed by atoms with E-state index in [0.717, 1.165) is 19.4 Å². The van der Waals surface area contributed by atoms with Crippen molar-refractivity contribution in [3.05, 3.63) is 29.6 Å². The van der Waals surface area contributed by atoms with Crippen LogP contribution in [0.25, 0.3) is 0 Å². The summed E-state index contributed by atoms with van der Waals surface area (Å²) in [5.74, 6) is -2.65. The summed E-state index contributed by atoms with van der Waals surface area (Å²) in [6.45, 7) is 2.98. The highest BCUT2D eigenvalue weighted by Gasteiger charge is 2.23. The monoisotopic (exact) mass is 290 g/mol. The standard InChI is InChI=1S/C13H17F3N2S/c1-9-5-3-4-6-18(9)19-17(2)13-11(15)7-10(14)8-12(13)16/h7-9H,3-6H2,1-2H3. The first-order valence-corrected chi connectivity index (χ1v) is 7.05. The summed E-state index contributed by atoms with van der Waals surface area (Å²) in [5, 5.41) is 0. The summed E-state index contributed by atoms with van der Waals surface area (Å²) in [6, 6.07) is 1.78. The Labute approximate surface area is 115 Å². The smallest absolute Gasteiger partial charge is 0.153 e. The highest BCUT2D eigenvalue weighted by molar-refractivity contribution is 7.98. The molecule has 1 atom stereocenters. The summed E-state index contributed by atoms with van der Waals surface area (Å²) in [4.78, 5) is 0. The summed E-state index contributed by atoms with van der Waals surface area (Å²) < 4.78 is 43.7. The van der Waals surface area contributed by atoms with E-state index in [1.54, 1.807) is 7.05 Å². The molecule has 1 aliphatic heterocycles. The van der Waals surface area contributed by atoms with Crippen LogP contribution in [0.4, 0.5) is 18.9 Å². The predicted molar refractivity (Wildman–Crippen MR) is 72.3 cm³/mol. The summed E-state index contributed by atoms with van der Waals surface area (Å²) in [6.07, 6.45) is 3.34. The molecule has 1 aliphatic rings. The fourth-order valence-corrected chi connectivity index (χ4v) is 3.27. The molecule has 1 aromatic rings. The van der Waals surface area contributed by atoms with Crippen molar-refractivity contribution in [3.63, 3.8) is 0 Å². The number of benzene rings is 1. The molecule has 0 radical (unpaired) electrons. The average molecular weight is 290 g/mol. The van der Waals surface area contributed by atoms with Crippen LogP contribution >= 0.6 is 12.1 Å². The van der Waals surface area contributed by atoms with Crippen LogP contribution in [0.3, 0.4) is 0 Å². The van der Waals surface area contributed by atoms with E-state index in [-0.39, 0.29) is 5.69 Å². The first-order chi connectivity index (χ1) is 8.99. The van der Waals surface area contributed by atoms with E-state index in [1.165, 1.54) is 22.9 Å². The van der Waals surface area contributed by atoms with Crippen molar-refractivity contribution in [2.75, 3.05) is 17.9 Å². The van der Waals surface area contributed by atoms with Crippen LogP contribution in [0.2, 0.25) is 0 Å². The predicted octanol–water partition coefficient (Wildman–Crippen LogP) is 3.98. The molecule has 0 spiro atoms. The van der Waals surface area contributed by atoms with E-state index >= 15 is 0 Å². The van der Waals surface area contributed by atoms with Crippen LogP contribution in [0, 0.1) is 17.5 Å². The summed E-state index contributed by atoms with van der Waals surface area (Å²) in [5.41, 5.74) is -0.204. The molecule has 1 heterocycles. The zero-order chi connectivity index (χ0) is 14.0. The molecular formula is C13H17F3N2S. The summed E-state index contributed by atoms with van der Waals surface area (Å²) >= 11 is 1.28. The molecule has 1 saturated heterocycles. The van der Waals surface area contributed by atoms with Gasteiger partial charge in [-0.1, -0.05) is 6.42 Å². The number of halogens is 3. The lowest BCUT2D eigenvalue weighted by Crippen LogP contribution is -2.35. The van der Waals surface area contributed by atoms with Crippen molar-refractivity contribution in [3.8, 4) is 0 Å². The van der Waals surface area contributed by atoms with Gasteiger partial charge in [0.05, 0.1) is 0 Å². The quantitative estimate of drug-likeness (QED) is 0.778. The van der Waals surface area contributed by atoms with Gasteiger partial charge in [-0.15, -0.1) is 0 Å². The number of nitrogens with zero attached hydrogens (tertiary/aromatic N) is 2. The Morgan fingerprint density at radius 1 is 1.21 bits per heavy atom. The molecule has 1 fully saturated rings. The molecule has 2 rings (SSSR count). The van der Waals surface area contributed by atoms with Crippen LogP contribution < -0.4 is 4.31 Å². The van der Waals surface area contributed by atoms with Gasteiger partial charge >= 0.3 is 0 Å². The summed E-state index contributed by atoms with van der Waals surface area (Å²) in [7, 11) is 1.59. The molecule has 1 unspecified atom stereocenters. The van der Waals surface area contributed by atoms with Crippen LogP contribution in [0.1, 0.15) is 26.2 Å². The van der Waals surface area contributed by atoms with Crippen LogP contribution in [-0.4, -0.2) is 23.9 Å². The van der Waals surface area contributed by atoms with Gasteiger partial charge in [-0.05, 0) is 19.8 Å². The maximum absolute atomic E-state index is 13.7. The lowest BCUT2D eigenvalue weighted by Gasteiger charge is -2.35. The van der Waals surface area contributed by atoms with Gasteiger partial charge in [0.2, 0.25) is 0 Å². The van der Waals surface area contributed by atoms with Gasteiger partial charge in [-0.25, -0.2) is 17.5 Å². The van der Waals surface area contributed by atoms with E-state index < -0.39 is 17.5 Å². The molecule has 19 heavy (non-hydrogen) atoms. The SMILES string of the molecule is CC1CCCCN1SN(C)c1c(F)cc(F)cc1F. The van der Waals surface area contributed by atoms with Crippen molar-refractivity contribution in [1.29, 1.82) is 0 Å². The van der Waals surface area contributed by atoms with Crippen molar-refractivity contribution < 1.29 is 13.2 Å². The average Bonchev–Trinajstić information content (AvgIpc) is 2.30. The minimum Gasteiger partial charge on any atom is -0.301 e. The van der Waals surface area contributed by atoms with E-state index in [0.29, 0.717) is 18.2 Å². The van der Waals surface area contributed by atoms with Crippen LogP contribution in [-0.2, 0) is 0 Å². The third-order valence-corrected chi connectivity index (χ3v) is 4.45. The molecule has 0 saturated carbocycles. The Morgan fingerprint density at radius 3 is 2.42 bits per heavy atom. The number of piperidine rings is 1. The number of anilines is 1. The third kappa shape index (κ3) is 3.36. The Hall–Kier alpha value is -0.880. The molecule has 106 valence electrons. The fourth-order valence-electron chi connectivity index (χ4n) is 2.23. The minimum atomic E-state index is -0.900. The largest absolute Gasteiger partial charge is 0.301 e. The van der Waals surface area contributed by atoms with Gasteiger partial charge < -0.3 is 4.31 Å². The van der Waals surface area contributed by atoms with Crippen LogP contribution in [0.15, 0.2) is 12.1 Å². The molecule has 0 amide bonds. The van der Waals surface area contributed by atoms with Crippen molar-refractivity contribution >= 4 is 17.8 Å². The number of hydrogen-bond donors (Lipinski definition) is 0. The van der Waals surface area contributed by atoms with Gasteiger partial charge in [0.25, 0.3) is 0 Å². The maximum Gasteiger partial charge on any atom is 0.153 e. The molecule has 6 heteroatoms. The van der Waals surface area contributed by atoms with Gasteiger partial charge in [0, 0.05) is 43.9 Å². The molecule has 0 bridgehead atoms. The van der Waals surface area contributed by atoms with Crippen molar-refractivity contribution in [1.82, 2.24) is 4.31 Å². The first kappa shape index (κ1) is 14.5. The van der Waals surface area contributed by atoms with E-state index in [4.69, 9.17) is 0 Å². The molecule has 0 aromatic heterocycles. The van der Waals surface area contributed by atoms with Crippen molar-refractivity contribution in [2.45, 2.75) is 32.2 Å². The molecule has 1 aromatic carbocycles. The Balaban J connectivity index is 2.13. The second-order valence-electron chi connectivity index (χ2n) is 4.78. The second-order valence-corrected chi connectivity index (χ2v) is 5.96. The van der Waals surface area contributed by atoms with Gasteiger partial charge in [-0.2, -0.15) is 0 Å². The molecule has 0 N–H and O–H groups in total. The first-order valence-electron chi connectivity index (χ1n) is 6.32. The lowest BCUT2D eigenvalue weighted by atomic mass is 10.1. The van der Waals surface area contributed by atoms with Gasteiger partial charge in [-0.3, -0.25) is 0 Å². The van der Waals surface area contributed by atoms with Crippen LogP contribution in [0.5, 0.6) is 0 Å². The van der Waals surface area contributed by atoms with Crippen molar-refractivity contribution in [2.24, 2.45) is 0 Å². The Kier molecular flexibility index (Phi) is 4.62. The second kappa shape index (κ2) is 6.05. The fraction of sp³-hybridized carbons (Fsp3) is 0.538. The number of rotatable bonds is 3. The third-order valence-electron chi connectivity index (χ3n) is 3.27.